The van der Waals surface area contributed by atoms with Crippen molar-refractivity contribution in [3.63, 3.8) is 0 Å². The van der Waals surface area contributed by atoms with E-state index in [4.69, 9.17) is 14.2 Å². The second kappa shape index (κ2) is 9.43. The number of ketones is 1. The van der Waals surface area contributed by atoms with Gasteiger partial charge in [-0.1, -0.05) is 25.1 Å². The van der Waals surface area contributed by atoms with Gasteiger partial charge in [-0.2, -0.15) is 0 Å². The van der Waals surface area contributed by atoms with Crippen molar-refractivity contribution < 1.29 is 28.6 Å². The number of methoxy groups -OCH3 is 2. The zero-order chi connectivity index (χ0) is 21.7. The monoisotopic (exact) mass is 411 g/mol. The zero-order valence-corrected chi connectivity index (χ0v) is 17.3. The molecule has 7 heteroatoms. The SMILES string of the molecule is CCc1ccccc1N1C[C@H](C(=O)OCC(=O)c2ccc(OC)cc2OC)CC1=O. The van der Waals surface area contributed by atoms with Crippen LogP contribution in [0.15, 0.2) is 42.5 Å². The molecule has 0 radical (unpaired) electrons. The molecule has 1 aliphatic rings. The van der Waals surface area contributed by atoms with E-state index < -0.39 is 18.5 Å². The molecule has 0 spiro atoms. The first-order valence-corrected chi connectivity index (χ1v) is 9.78. The summed E-state index contributed by atoms with van der Waals surface area (Å²) in [7, 11) is 2.97. The number of carbonyl (C=O) groups is 3. The second-order valence-electron chi connectivity index (χ2n) is 6.98. The zero-order valence-electron chi connectivity index (χ0n) is 17.3. The van der Waals surface area contributed by atoms with Gasteiger partial charge in [0.1, 0.15) is 11.5 Å². The molecule has 0 aliphatic carbocycles. The van der Waals surface area contributed by atoms with Gasteiger partial charge in [0.25, 0.3) is 0 Å². The molecule has 30 heavy (non-hydrogen) atoms. The summed E-state index contributed by atoms with van der Waals surface area (Å²) in [5, 5.41) is 0. The first kappa shape index (κ1) is 21.4. The summed E-state index contributed by atoms with van der Waals surface area (Å²) in [5.74, 6) is -0.777. The Kier molecular flexibility index (Phi) is 6.72. The van der Waals surface area contributed by atoms with Gasteiger partial charge in [-0.15, -0.1) is 0 Å². The van der Waals surface area contributed by atoms with Gasteiger partial charge in [0, 0.05) is 24.7 Å². The van der Waals surface area contributed by atoms with Crippen LogP contribution >= 0.6 is 0 Å². The summed E-state index contributed by atoms with van der Waals surface area (Å²) >= 11 is 0. The Morgan fingerprint density at radius 2 is 1.87 bits per heavy atom. The van der Waals surface area contributed by atoms with Gasteiger partial charge in [-0.05, 0) is 30.2 Å². The van der Waals surface area contributed by atoms with Crippen molar-refractivity contribution in [2.24, 2.45) is 5.92 Å². The number of aryl methyl sites for hydroxylation is 1. The molecule has 1 aliphatic heterocycles. The van der Waals surface area contributed by atoms with Crippen molar-refractivity contribution in [3.8, 4) is 11.5 Å². The number of ether oxygens (including phenoxy) is 3. The van der Waals surface area contributed by atoms with E-state index >= 15 is 0 Å². The van der Waals surface area contributed by atoms with E-state index in [0.717, 1.165) is 17.7 Å². The van der Waals surface area contributed by atoms with Gasteiger partial charge < -0.3 is 19.1 Å². The summed E-state index contributed by atoms with van der Waals surface area (Å²) in [6, 6.07) is 12.4. The van der Waals surface area contributed by atoms with E-state index in [1.54, 1.807) is 23.1 Å². The number of para-hydroxylation sites is 1. The number of amides is 1. The largest absolute Gasteiger partial charge is 0.497 e. The predicted octanol–water partition coefficient (Wildman–Crippen LogP) is 3.05. The number of nitrogens with zero attached hydrogens (tertiary/aromatic N) is 1. The quantitative estimate of drug-likeness (QED) is 0.491. The predicted molar refractivity (Wildman–Crippen MR) is 111 cm³/mol. The lowest BCUT2D eigenvalue weighted by molar-refractivity contribution is -0.147. The lowest BCUT2D eigenvalue weighted by atomic mass is 10.1. The number of Topliss-reactive ketones (excluding diaryl/α,β-unsaturated/α-hetero) is 1. The molecule has 1 heterocycles. The fraction of sp³-hybridized carbons (Fsp3) is 0.348. The van der Waals surface area contributed by atoms with Crippen molar-refractivity contribution in [2.75, 3.05) is 32.3 Å². The van der Waals surface area contributed by atoms with Crippen LogP contribution in [0, 0.1) is 5.92 Å². The maximum atomic E-state index is 12.5. The number of carbonyl (C=O) groups excluding carboxylic acids is 3. The highest BCUT2D eigenvalue weighted by Crippen LogP contribution is 2.29. The topological polar surface area (TPSA) is 82.1 Å². The van der Waals surface area contributed by atoms with Crippen LogP contribution in [-0.2, 0) is 20.7 Å². The Morgan fingerprint density at radius 3 is 2.57 bits per heavy atom. The number of rotatable bonds is 8. The number of anilines is 1. The van der Waals surface area contributed by atoms with Crippen LogP contribution in [0.2, 0.25) is 0 Å². The molecule has 2 aromatic carbocycles. The van der Waals surface area contributed by atoms with Crippen molar-refractivity contribution in [1.82, 2.24) is 0 Å². The second-order valence-corrected chi connectivity index (χ2v) is 6.98. The third-order valence-corrected chi connectivity index (χ3v) is 5.18. The summed E-state index contributed by atoms with van der Waals surface area (Å²) in [5.41, 5.74) is 2.16. The minimum absolute atomic E-state index is 0.0664. The summed E-state index contributed by atoms with van der Waals surface area (Å²) in [6.45, 7) is 1.84. The maximum Gasteiger partial charge on any atom is 0.311 e. The van der Waals surface area contributed by atoms with Gasteiger partial charge in [0.15, 0.2) is 6.61 Å². The van der Waals surface area contributed by atoms with Crippen LogP contribution in [0.4, 0.5) is 5.69 Å². The summed E-state index contributed by atoms with van der Waals surface area (Å²) in [6.07, 6.45) is 0.851. The molecule has 0 aromatic heterocycles. The molecular weight excluding hydrogens is 386 g/mol. The molecule has 7 nitrogen and oxygen atoms in total. The number of hydrogen-bond donors (Lipinski definition) is 0. The molecule has 1 saturated heterocycles. The molecule has 1 atom stereocenters. The van der Waals surface area contributed by atoms with Crippen LogP contribution < -0.4 is 14.4 Å². The Labute approximate surface area is 175 Å². The van der Waals surface area contributed by atoms with Crippen LogP contribution in [0.1, 0.15) is 29.3 Å². The fourth-order valence-electron chi connectivity index (χ4n) is 3.53. The van der Waals surface area contributed by atoms with E-state index in [9.17, 15) is 14.4 Å². The third-order valence-electron chi connectivity index (χ3n) is 5.18. The van der Waals surface area contributed by atoms with Crippen LogP contribution in [-0.4, -0.2) is 45.0 Å². The third kappa shape index (κ3) is 4.45. The normalized spacial score (nSPS) is 15.8. The van der Waals surface area contributed by atoms with Gasteiger partial charge in [0.05, 0.1) is 25.7 Å². The van der Waals surface area contributed by atoms with E-state index in [1.165, 1.54) is 14.2 Å². The molecule has 0 saturated carbocycles. The van der Waals surface area contributed by atoms with E-state index in [1.807, 2.05) is 31.2 Å². The Hall–Kier alpha value is -3.35. The van der Waals surface area contributed by atoms with Crippen LogP contribution in [0.5, 0.6) is 11.5 Å². The molecule has 2 aromatic rings. The number of esters is 1. The molecule has 0 N–H and O–H groups in total. The van der Waals surface area contributed by atoms with Crippen molar-refractivity contribution in [3.05, 3.63) is 53.6 Å². The highest BCUT2D eigenvalue weighted by Gasteiger charge is 2.37. The van der Waals surface area contributed by atoms with E-state index in [0.29, 0.717) is 17.1 Å². The lowest BCUT2D eigenvalue weighted by Crippen LogP contribution is -2.28. The van der Waals surface area contributed by atoms with E-state index in [-0.39, 0.29) is 24.7 Å². The molecule has 158 valence electrons. The molecule has 0 bridgehead atoms. The lowest BCUT2D eigenvalue weighted by Gasteiger charge is -2.19. The first-order chi connectivity index (χ1) is 14.5. The molecular formula is C23H25NO6. The van der Waals surface area contributed by atoms with Crippen molar-refractivity contribution in [2.45, 2.75) is 19.8 Å². The molecule has 1 amide bonds. The first-order valence-electron chi connectivity index (χ1n) is 9.78. The minimum Gasteiger partial charge on any atom is -0.497 e. The molecule has 0 unspecified atom stereocenters. The highest BCUT2D eigenvalue weighted by atomic mass is 16.5. The fourth-order valence-corrected chi connectivity index (χ4v) is 3.53. The van der Waals surface area contributed by atoms with Gasteiger partial charge in [-0.25, -0.2) is 0 Å². The van der Waals surface area contributed by atoms with Gasteiger partial charge in [-0.3, -0.25) is 14.4 Å². The summed E-state index contributed by atoms with van der Waals surface area (Å²) in [4.78, 5) is 39.1. The van der Waals surface area contributed by atoms with Crippen LogP contribution in [0.25, 0.3) is 0 Å². The molecule has 1 fully saturated rings. The van der Waals surface area contributed by atoms with E-state index in [2.05, 4.69) is 0 Å². The number of benzene rings is 2. The highest BCUT2D eigenvalue weighted by molar-refractivity contribution is 6.02. The summed E-state index contributed by atoms with van der Waals surface area (Å²) < 4.78 is 15.6. The van der Waals surface area contributed by atoms with Crippen molar-refractivity contribution >= 4 is 23.3 Å². The van der Waals surface area contributed by atoms with Crippen molar-refractivity contribution in [1.29, 1.82) is 0 Å². The standard InChI is InChI=1S/C23H25NO6/c1-4-15-7-5-6-8-19(15)24-13-16(11-22(24)26)23(27)30-14-20(25)18-10-9-17(28-2)12-21(18)29-3/h5-10,12,16H,4,11,13-14H2,1-3H3/t16-/m1/s1. The average Bonchev–Trinajstić information content (AvgIpc) is 3.18. The molecule has 3 rings (SSSR count). The maximum absolute atomic E-state index is 12.5. The minimum atomic E-state index is -0.604. The average molecular weight is 411 g/mol. The Bertz CT molecular complexity index is 954. The van der Waals surface area contributed by atoms with Crippen LogP contribution in [0.3, 0.4) is 0 Å². The van der Waals surface area contributed by atoms with Gasteiger partial charge in [0.2, 0.25) is 11.7 Å². The Morgan fingerprint density at radius 1 is 1.10 bits per heavy atom. The Balaban J connectivity index is 1.63. The smallest absolute Gasteiger partial charge is 0.311 e. The number of hydrogen-bond acceptors (Lipinski definition) is 6. The van der Waals surface area contributed by atoms with Gasteiger partial charge >= 0.3 is 5.97 Å².